The standard InChI is InChI=1S/C18H27N5O/c1-5-19-18(21-11-16-12-22-23(4)13-16)20-10-15(3)24-17-9-7-6-8-14(17)2/h6-9,12-13,15H,5,10-11H2,1-4H3,(H2,19,20,21). The quantitative estimate of drug-likeness (QED) is 0.604. The third-order valence-corrected chi connectivity index (χ3v) is 3.50. The Morgan fingerprint density at radius 1 is 1.33 bits per heavy atom. The molecule has 1 heterocycles. The van der Waals surface area contributed by atoms with Gasteiger partial charge in [-0.3, -0.25) is 4.68 Å². The predicted molar refractivity (Wildman–Crippen MR) is 97.3 cm³/mol. The summed E-state index contributed by atoms with van der Waals surface area (Å²) in [6.07, 6.45) is 3.84. The lowest BCUT2D eigenvalue weighted by atomic mass is 10.2. The summed E-state index contributed by atoms with van der Waals surface area (Å²) in [6, 6.07) is 8.05. The van der Waals surface area contributed by atoms with Crippen LogP contribution >= 0.6 is 0 Å². The molecule has 0 amide bonds. The van der Waals surface area contributed by atoms with E-state index in [9.17, 15) is 0 Å². The maximum Gasteiger partial charge on any atom is 0.191 e. The van der Waals surface area contributed by atoms with Crippen LogP contribution in [0.4, 0.5) is 0 Å². The van der Waals surface area contributed by atoms with Crippen molar-refractivity contribution in [3.63, 3.8) is 0 Å². The van der Waals surface area contributed by atoms with Gasteiger partial charge in [0.25, 0.3) is 0 Å². The average molecular weight is 329 g/mol. The van der Waals surface area contributed by atoms with Crippen molar-refractivity contribution in [1.29, 1.82) is 0 Å². The van der Waals surface area contributed by atoms with E-state index in [1.807, 2.05) is 44.6 Å². The fourth-order valence-corrected chi connectivity index (χ4v) is 2.25. The number of aromatic nitrogens is 2. The number of hydrogen-bond donors (Lipinski definition) is 2. The maximum atomic E-state index is 5.98. The number of hydrogen-bond acceptors (Lipinski definition) is 3. The Morgan fingerprint density at radius 3 is 2.79 bits per heavy atom. The van der Waals surface area contributed by atoms with Crippen LogP contribution in [0.2, 0.25) is 0 Å². The number of guanidine groups is 1. The minimum absolute atomic E-state index is 0.0355. The van der Waals surface area contributed by atoms with Gasteiger partial charge in [0.05, 0.1) is 19.3 Å². The second-order valence-corrected chi connectivity index (χ2v) is 5.79. The molecule has 1 unspecified atom stereocenters. The van der Waals surface area contributed by atoms with Crippen molar-refractivity contribution in [3.05, 3.63) is 47.8 Å². The van der Waals surface area contributed by atoms with E-state index in [4.69, 9.17) is 4.74 Å². The Morgan fingerprint density at radius 2 is 2.12 bits per heavy atom. The molecule has 2 N–H and O–H groups in total. The van der Waals surface area contributed by atoms with Crippen LogP contribution in [0.15, 0.2) is 41.7 Å². The molecule has 24 heavy (non-hydrogen) atoms. The van der Waals surface area contributed by atoms with E-state index in [0.29, 0.717) is 13.1 Å². The van der Waals surface area contributed by atoms with Gasteiger partial charge in [0.2, 0.25) is 0 Å². The van der Waals surface area contributed by atoms with Crippen LogP contribution in [0, 0.1) is 6.92 Å². The topological polar surface area (TPSA) is 63.5 Å². The Bertz CT molecular complexity index is 665. The molecule has 6 nitrogen and oxygen atoms in total. The van der Waals surface area contributed by atoms with Crippen molar-refractivity contribution in [2.75, 3.05) is 13.1 Å². The highest BCUT2D eigenvalue weighted by Gasteiger charge is 2.07. The van der Waals surface area contributed by atoms with Gasteiger partial charge in [-0.15, -0.1) is 0 Å². The zero-order valence-electron chi connectivity index (χ0n) is 14.9. The minimum Gasteiger partial charge on any atom is -0.489 e. The highest BCUT2D eigenvalue weighted by atomic mass is 16.5. The van der Waals surface area contributed by atoms with Crippen LogP contribution in [0.1, 0.15) is 25.0 Å². The summed E-state index contributed by atoms with van der Waals surface area (Å²) in [5.74, 6) is 1.70. The SMILES string of the molecule is CCNC(=NCc1cnn(C)c1)NCC(C)Oc1ccccc1C. The molecule has 0 saturated carbocycles. The summed E-state index contributed by atoms with van der Waals surface area (Å²) in [4.78, 5) is 4.58. The molecule has 0 saturated heterocycles. The molecule has 6 heteroatoms. The normalized spacial score (nSPS) is 12.8. The van der Waals surface area contributed by atoms with E-state index in [1.54, 1.807) is 4.68 Å². The van der Waals surface area contributed by atoms with Gasteiger partial charge in [-0.2, -0.15) is 5.10 Å². The van der Waals surface area contributed by atoms with Gasteiger partial charge >= 0.3 is 0 Å². The first kappa shape index (κ1) is 17.8. The van der Waals surface area contributed by atoms with Crippen molar-refractivity contribution in [3.8, 4) is 5.75 Å². The summed E-state index contributed by atoms with van der Waals surface area (Å²) in [6.45, 7) is 8.23. The third-order valence-electron chi connectivity index (χ3n) is 3.50. The number of benzene rings is 1. The molecule has 0 radical (unpaired) electrons. The van der Waals surface area contributed by atoms with E-state index in [0.717, 1.165) is 29.4 Å². The largest absolute Gasteiger partial charge is 0.489 e. The Kier molecular flexibility index (Phi) is 6.66. The van der Waals surface area contributed by atoms with Gasteiger partial charge in [-0.25, -0.2) is 4.99 Å². The molecular weight excluding hydrogens is 302 g/mol. The predicted octanol–water partition coefficient (Wildman–Crippen LogP) is 2.25. The van der Waals surface area contributed by atoms with Crippen LogP contribution in [-0.4, -0.2) is 34.9 Å². The van der Waals surface area contributed by atoms with Crippen molar-refractivity contribution in [2.45, 2.75) is 33.4 Å². The molecule has 0 bridgehead atoms. The maximum absolute atomic E-state index is 5.98. The zero-order chi connectivity index (χ0) is 17.4. The number of ether oxygens (including phenoxy) is 1. The van der Waals surface area contributed by atoms with Crippen LogP contribution in [0.3, 0.4) is 0 Å². The third kappa shape index (κ3) is 5.61. The molecule has 0 fully saturated rings. The highest BCUT2D eigenvalue weighted by molar-refractivity contribution is 5.79. The number of aryl methyl sites for hydroxylation is 2. The fourth-order valence-electron chi connectivity index (χ4n) is 2.25. The molecule has 1 aromatic heterocycles. The Hall–Kier alpha value is -2.50. The Balaban J connectivity index is 1.87. The van der Waals surface area contributed by atoms with Gasteiger partial charge in [0, 0.05) is 25.4 Å². The minimum atomic E-state index is 0.0355. The molecule has 0 spiro atoms. The van der Waals surface area contributed by atoms with Crippen LogP contribution in [0.5, 0.6) is 5.75 Å². The second kappa shape index (κ2) is 8.96. The first-order valence-electron chi connectivity index (χ1n) is 8.30. The van der Waals surface area contributed by atoms with Gasteiger partial charge in [0.1, 0.15) is 11.9 Å². The van der Waals surface area contributed by atoms with Crippen molar-refractivity contribution >= 4 is 5.96 Å². The summed E-state index contributed by atoms with van der Waals surface area (Å²) in [5.41, 5.74) is 2.22. The van der Waals surface area contributed by atoms with Crippen LogP contribution in [-0.2, 0) is 13.6 Å². The van der Waals surface area contributed by atoms with Crippen molar-refractivity contribution < 1.29 is 4.74 Å². The molecule has 2 rings (SSSR count). The first-order chi connectivity index (χ1) is 11.6. The summed E-state index contributed by atoms with van der Waals surface area (Å²) in [5, 5.41) is 10.7. The van der Waals surface area contributed by atoms with E-state index in [2.05, 4.69) is 40.6 Å². The zero-order valence-corrected chi connectivity index (χ0v) is 14.9. The lowest BCUT2D eigenvalue weighted by Crippen LogP contribution is -2.41. The number of nitrogens with zero attached hydrogens (tertiary/aromatic N) is 3. The summed E-state index contributed by atoms with van der Waals surface area (Å²) >= 11 is 0. The molecule has 0 aliphatic heterocycles. The fraction of sp³-hybridized carbons (Fsp3) is 0.444. The number of rotatable bonds is 7. The van der Waals surface area contributed by atoms with Crippen molar-refractivity contribution in [2.24, 2.45) is 12.0 Å². The molecule has 2 aromatic rings. The average Bonchev–Trinajstić information content (AvgIpc) is 2.98. The number of nitrogens with one attached hydrogen (secondary N) is 2. The molecular formula is C18H27N5O. The molecule has 1 aromatic carbocycles. The first-order valence-corrected chi connectivity index (χ1v) is 8.30. The molecule has 0 aliphatic carbocycles. The van der Waals surface area contributed by atoms with Gasteiger partial charge in [-0.05, 0) is 32.4 Å². The Labute approximate surface area is 143 Å². The lowest BCUT2D eigenvalue weighted by molar-refractivity contribution is 0.222. The van der Waals surface area contributed by atoms with Crippen molar-refractivity contribution in [1.82, 2.24) is 20.4 Å². The van der Waals surface area contributed by atoms with Gasteiger partial charge < -0.3 is 15.4 Å². The van der Waals surface area contributed by atoms with Gasteiger partial charge in [-0.1, -0.05) is 18.2 Å². The molecule has 130 valence electrons. The second-order valence-electron chi connectivity index (χ2n) is 5.79. The smallest absolute Gasteiger partial charge is 0.191 e. The monoisotopic (exact) mass is 329 g/mol. The van der Waals surface area contributed by atoms with E-state index >= 15 is 0 Å². The number of para-hydroxylation sites is 1. The van der Waals surface area contributed by atoms with E-state index in [-0.39, 0.29) is 6.10 Å². The summed E-state index contributed by atoms with van der Waals surface area (Å²) < 4.78 is 7.76. The molecule has 1 atom stereocenters. The highest BCUT2D eigenvalue weighted by Crippen LogP contribution is 2.17. The van der Waals surface area contributed by atoms with Crippen LogP contribution < -0.4 is 15.4 Å². The lowest BCUT2D eigenvalue weighted by Gasteiger charge is -2.18. The van der Waals surface area contributed by atoms with Gasteiger partial charge in [0.15, 0.2) is 5.96 Å². The van der Waals surface area contributed by atoms with E-state index in [1.165, 1.54) is 0 Å². The van der Waals surface area contributed by atoms with Crippen LogP contribution in [0.25, 0.3) is 0 Å². The number of aliphatic imine (C=N–C) groups is 1. The van der Waals surface area contributed by atoms with E-state index < -0.39 is 0 Å². The summed E-state index contributed by atoms with van der Waals surface area (Å²) in [7, 11) is 1.90. The molecule has 0 aliphatic rings.